The summed E-state index contributed by atoms with van der Waals surface area (Å²) < 4.78 is 0. The molecule has 1 unspecified atom stereocenters. The second-order valence-corrected chi connectivity index (χ2v) is 4.81. The van der Waals surface area contributed by atoms with E-state index in [0.717, 1.165) is 32.2 Å². The molecule has 0 spiro atoms. The number of carbonyl (C=O) groups excluding carboxylic acids is 2. The van der Waals surface area contributed by atoms with Crippen LogP contribution in [0.2, 0.25) is 0 Å². The van der Waals surface area contributed by atoms with E-state index < -0.39 is 0 Å². The van der Waals surface area contributed by atoms with Gasteiger partial charge in [-0.3, -0.25) is 14.5 Å². The van der Waals surface area contributed by atoms with Crippen LogP contribution in [-0.4, -0.2) is 42.3 Å². The molecule has 1 aliphatic rings. The Balaban J connectivity index is 2.53. The van der Waals surface area contributed by atoms with E-state index in [1.165, 1.54) is 0 Å². The summed E-state index contributed by atoms with van der Waals surface area (Å²) in [5.74, 6) is 0.0383. The van der Waals surface area contributed by atoms with Gasteiger partial charge in [0.1, 0.15) is 12.3 Å². The van der Waals surface area contributed by atoms with Gasteiger partial charge in [0, 0.05) is 12.5 Å². The highest BCUT2D eigenvalue weighted by atomic mass is 16.2. The Morgan fingerprint density at radius 1 is 1.39 bits per heavy atom. The van der Waals surface area contributed by atoms with Gasteiger partial charge < -0.3 is 5.32 Å². The minimum absolute atomic E-state index is 0.0457. The summed E-state index contributed by atoms with van der Waals surface area (Å²) in [6.07, 6.45) is 4.84. The van der Waals surface area contributed by atoms with Gasteiger partial charge in [-0.25, -0.2) is 0 Å². The van der Waals surface area contributed by atoms with Crippen LogP contribution in [0.3, 0.4) is 0 Å². The predicted octanol–water partition coefficient (Wildman–Crippen LogP) is 0.850. The Morgan fingerprint density at radius 3 is 2.83 bits per heavy atom. The number of rotatable bonds is 5. The van der Waals surface area contributed by atoms with Crippen molar-refractivity contribution < 1.29 is 9.59 Å². The number of nitriles is 1. The number of nitrogens with zero attached hydrogens (tertiary/aromatic N) is 2. The van der Waals surface area contributed by atoms with E-state index >= 15 is 0 Å². The summed E-state index contributed by atoms with van der Waals surface area (Å²) in [5, 5.41) is 11.0. The molecule has 1 amide bonds. The Bertz CT molecular complexity index is 336. The van der Waals surface area contributed by atoms with Gasteiger partial charge in [-0.05, 0) is 26.3 Å². The van der Waals surface area contributed by atoms with Crippen molar-refractivity contribution in [3.8, 4) is 6.07 Å². The SMILES string of the molecule is CC(=O)CC1CCCCCN1CC(=O)NCC#N. The molecule has 1 N–H and O–H groups in total. The Hall–Kier alpha value is -1.41. The van der Waals surface area contributed by atoms with Gasteiger partial charge in [-0.1, -0.05) is 12.8 Å². The van der Waals surface area contributed by atoms with Gasteiger partial charge in [0.25, 0.3) is 0 Å². The fraction of sp³-hybridized carbons (Fsp3) is 0.769. The Kier molecular flexibility index (Phi) is 6.37. The molecule has 100 valence electrons. The molecule has 1 atom stereocenters. The minimum Gasteiger partial charge on any atom is -0.342 e. The van der Waals surface area contributed by atoms with Crippen molar-refractivity contribution in [2.75, 3.05) is 19.6 Å². The van der Waals surface area contributed by atoms with Gasteiger partial charge in [0.15, 0.2) is 0 Å². The molecule has 1 rings (SSSR count). The fourth-order valence-corrected chi connectivity index (χ4v) is 2.39. The highest BCUT2D eigenvalue weighted by molar-refractivity contribution is 5.79. The Morgan fingerprint density at radius 2 is 2.17 bits per heavy atom. The maximum absolute atomic E-state index is 11.6. The second-order valence-electron chi connectivity index (χ2n) is 4.81. The van der Waals surface area contributed by atoms with Crippen LogP contribution in [0.1, 0.15) is 39.0 Å². The normalized spacial score (nSPS) is 20.8. The highest BCUT2D eigenvalue weighted by Gasteiger charge is 2.23. The zero-order valence-corrected chi connectivity index (χ0v) is 10.9. The molecule has 0 aromatic rings. The lowest BCUT2D eigenvalue weighted by Gasteiger charge is -2.28. The van der Waals surface area contributed by atoms with Crippen LogP contribution in [0.4, 0.5) is 0 Å². The van der Waals surface area contributed by atoms with Gasteiger partial charge in [0.05, 0.1) is 12.6 Å². The molecule has 0 bridgehead atoms. The maximum Gasteiger partial charge on any atom is 0.235 e. The van der Waals surface area contributed by atoms with Crippen molar-refractivity contribution in [2.24, 2.45) is 0 Å². The number of ketones is 1. The van der Waals surface area contributed by atoms with Crippen LogP contribution >= 0.6 is 0 Å². The first-order chi connectivity index (χ1) is 8.63. The maximum atomic E-state index is 11.6. The molecule has 0 aliphatic carbocycles. The van der Waals surface area contributed by atoms with Crippen LogP contribution < -0.4 is 5.32 Å². The van der Waals surface area contributed by atoms with E-state index in [4.69, 9.17) is 5.26 Å². The summed E-state index contributed by atoms with van der Waals surface area (Å²) in [6, 6.07) is 2.07. The lowest BCUT2D eigenvalue weighted by Crippen LogP contribution is -2.43. The lowest BCUT2D eigenvalue weighted by atomic mass is 10.0. The first-order valence-corrected chi connectivity index (χ1v) is 6.50. The van der Waals surface area contributed by atoms with Crippen LogP contribution in [0.25, 0.3) is 0 Å². The average Bonchev–Trinajstić information content (AvgIpc) is 2.52. The third-order valence-corrected chi connectivity index (χ3v) is 3.23. The quantitative estimate of drug-likeness (QED) is 0.735. The van der Waals surface area contributed by atoms with E-state index in [-0.39, 0.29) is 24.3 Å². The van der Waals surface area contributed by atoms with Crippen LogP contribution in [-0.2, 0) is 9.59 Å². The van der Waals surface area contributed by atoms with Gasteiger partial charge in [-0.15, -0.1) is 0 Å². The van der Waals surface area contributed by atoms with Crippen molar-refractivity contribution in [3.63, 3.8) is 0 Å². The standard InChI is InChI=1S/C13H21N3O2/c1-11(17)9-12-5-3-2-4-8-16(12)10-13(18)15-7-6-14/h12H,2-5,7-10H2,1H3,(H,15,18). The average molecular weight is 251 g/mol. The van der Waals surface area contributed by atoms with Gasteiger partial charge >= 0.3 is 0 Å². The van der Waals surface area contributed by atoms with Crippen LogP contribution in [0, 0.1) is 11.3 Å². The fourth-order valence-electron chi connectivity index (χ4n) is 2.39. The number of Topliss-reactive ketones (excluding diaryl/α,β-unsaturated/α-hetero) is 1. The molecule has 0 aromatic carbocycles. The Labute approximate surface area is 108 Å². The number of carbonyl (C=O) groups is 2. The molecule has 1 heterocycles. The zero-order chi connectivity index (χ0) is 13.4. The molecule has 0 aromatic heterocycles. The number of likely N-dealkylation sites (tertiary alicyclic amines) is 1. The van der Waals surface area contributed by atoms with E-state index in [1.807, 2.05) is 6.07 Å². The second kappa shape index (κ2) is 7.83. The van der Waals surface area contributed by atoms with E-state index in [1.54, 1.807) is 6.92 Å². The van der Waals surface area contributed by atoms with Gasteiger partial charge in [-0.2, -0.15) is 5.26 Å². The third kappa shape index (κ3) is 5.28. The monoisotopic (exact) mass is 251 g/mol. The van der Waals surface area contributed by atoms with E-state index in [9.17, 15) is 9.59 Å². The first-order valence-electron chi connectivity index (χ1n) is 6.50. The summed E-state index contributed by atoms with van der Waals surface area (Å²) in [7, 11) is 0. The third-order valence-electron chi connectivity index (χ3n) is 3.23. The lowest BCUT2D eigenvalue weighted by molar-refractivity contribution is -0.124. The smallest absolute Gasteiger partial charge is 0.235 e. The molecule has 5 heteroatoms. The highest BCUT2D eigenvalue weighted by Crippen LogP contribution is 2.19. The minimum atomic E-state index is -0.132. The molecule has 0 radical (unpaired) electrons. The largest absolute Gasteiger partial charge is 0.342 e. The molecule has 0 saturated carbocycles. The van der Waals surface area contributed by atoms with Gasteiger partial charge in [0.2, 0.25) is 5.91 Å². The number of hydrogen-bond donors (Lipinski definition) is 1. The molecule has 1 aliphatic heterocycles. The van der Waals surface area contributed by atoms with E-state index in [0.29, 0.717) is 13.0 Å². The van der Waals surface area contributed by atoms with Crippen molar-refractivity contribution in [2.45, 2.75) is 45.1 Å². The number of nitrogens with one attached hydrogen (secondary N) is 1. The van der Waals surface area contributed by atoms with Crippen molar-refractivity contribution in [3.05, 3.63) is 0 Å². The topological polar surface area (TPSA) is 73.2 Å². The van der Waals surface area contributed by atoms with E-state index in [2.05, 4.69) is 10.2 Å². The summed E-state index contributed by atoms with van der Waals surface area (Å²) in [5.41, 5.74) is 0. The van der Waals surface area contributed by atoms with Crippen molar-refractivity contribution >= 4 is 11.7 Å². The van der Waals surface area contributed by atoms with Crippen LogP contribution in [0.5, 0.6) is 0 Å². The summed E-state index contributed by atoms with van der Waals surface area (Å²) in [6.45, 7) is 2.79. The van der Waals surface area contributed by atoms with Crippen LogP contribution in [0.15, 0.2) is 0 Å². The molecule has 1 saturated heterocycles. The zero-order valence-electron chi connectivity index (χ0n) is 10.9. The number of hydrogen-bond acceptors (Lipinski definition) is 4. The molecule has 1 fully saturated rings. The van der Waals surface area contributed by atoms with Crippen molar-refractivity contribution in [1.29, 1.82) is 5.26 Å². The first kappa shape index (κ1) is 14.7. The molecular weight excluding hydrogens is 230 g/mol. The van der Waals surface area contributed by atoms with Crippen molar-refractivity contribution in [1.82, 2.24) is 10.2 Å². The molecule has 5 nitrogen and oxygen atoms in total. The summed E-state index contributed by atoms with van der Waals surface area (Å²) >= 11 is 0. The summed E-state index contributed by atoms with van der Waals surface area (Å²) in [4.78, 5) is 25.0. The predicted molar refractivity (Wildman–Crippen MR) is 67.7 cm³/mol. The number of amides is 1. The molecular formula is C13H21N3O2. The molecule has 18 heavy (non-hydrogen) atoms.